The SMILES string of the molecule is O=C(COC(=O)c1sc2ccccc2c1Cl)c1ccc2c(c1)OCCO2. The number of Topliss-reactive ketones (excluding diaryl/α,β-unsaturated/α-hetero) is 1. The third kappa shape index (κ3) is 3.13. The predicted octanol–water partition coefficient (Wildman–Crippen LogP) is 4.37. The molecule has 132 valence electrons. The molecule has 0 fully saturated rings. The van der Waals surface area contributed by atoms with E-state index in [1.807, 2.05) is 24.3 Å². The third-order valence-electron chi connectivity index (χ3n) is 3.92. The van der Waals surface area contributed by atoms with Gasteiger partial charge in [0.15, 0.2) is 23.9 Å². The van der Waals surface area contributed by atoms with Crippen LogP contribution in [0.3, 0.4) is 0 Å². The first-order chi connectivity index (χ1) is 12.6. The van der Waals surface area contributed by atoms with Gasteiger partial charge in [-0.2, -0.15) is 0 Å². The molecule has 1 aromatic heterocycles. The molecule has 4 rings (SSSR count). The monoisotopic (exact) mass is 388 g/mol. The van der Waals surface area contributed by atoms with Gasteiger partial charge in [0.25, 0.3) is 0 Å². The molecule has 0 saturated carbocycles. The first-order valence-corrected chi connectivity index (χ1v) is 9.10. The number of ketones is 1. The highest BCUT2D eigenvalue weighted by Crippen LogP contribution is 2.35. The fourth-order valence-electron chi connectivity index (χ4n) is 2.64. The minimum atomic E-state index is -0.609. The molecule has 0 amide bonds. The molecule has 5 nitrogen and oxygen atoms in total. The summed E-state index contributed by atoms with van der Waals surface area (Å²) in [6.45, 7) is 0.543. The van der Waals surface area contributed by atoms with Crippen molar-refractivity contribution in [3.8, 4) is 11.5 Å². The highest BCUT2D eigenvalue weighted by Gasteiger charge is 2.20. The Morgan fingerprint density at radius 1 is 1.08 bits per heavy atom. The molecule has 0 N–H and O–H groups in total. The van der Waals surface area contributed by atoms with Crippen molar-refractivity contribution < 1.29 is 23.8 Å². The Morgan fingerprint density at radius 3 is 2.65 bits per heavy atom. The Balaban J connectivity index is 1.47. The van der Waals surface area contributed by atoms with Gasteiger partial charge in [-0.15, -0.1) is 11.3 Å². The van der Waals surface area contributed by atoms with Gasteiger partial charge in [-0.25, -0.2) is 4.79 Å². The number of hydrogen-bond acceptors (Lipinski definition) is 6. The van der Waals surface area contributed by atoms with Crippen molar-refractivity contribution in [2.75, 3.05) is 19.8 Å². The van der Waals surface area contributed by atoms with Gasteiger partial charge in [0.2, 0.25) is 0 Å². The van der Waals surface area contributed by atoms with Crippen LogP contribution in [0.25, 0.3) is 10.1 Å². The zero-order chi connectivity index (χ0) is 18.1. The molecule has 26 heavy (non-hydrogen) atoms. The second-order valence-electron chi connectivity index (χ2n) is 5.60. The second kappa shape index (κ2) is 6.97. The van der Waals surface area contributed by atoms with Crippen LogP contribution in [0.1, 0.15) is 20.0 Å². The van der Waals surface area contributed by atoms with E-state index >= 15 is 0 Å². The summed E-state index contributed by atoms with van der Waals surface area (Å²) in [6.07, 6.45) is 0. The molecule has 1 aliphatic rings. The summed E-state index contributed by atoms with van der Waals surface area (Å²) in [7, 11) is 0. The van der Waals surface area contributed by atoms with E-state index in [0.717, 1.165) is 10.1 Å². The van der Waals surface area contributed by atoms with Crippen LogP contribution in [0.5, 0.6) is 11.5 Å². The Kier molecular flexibility index (Phi) is 4.53. The zero-order valence-corrected chi connectivity index (χ0v) is 15.1. The standard InChI is InChI=1S/C19H13ClO5S/c20-17-12-3-1-2-4-16(12)26-18(17)19(22)25-10-13(21)11-5-6-14-15(9-11)24-8-7-23-14/h1-6,9H,7-8,10H2. The van der Waals surface area contributed by atoms with Gasteiger partial charge >= 0.3 is 5.97 Å². The maximum absolute atomic E-state index is 12.3. The largest absolute Gasteiger partial charge is 0.486 e. The lowest BCUT2D eigenvalue weighted by molar-refractivity contribution is 0.0479. The van der Waals surface area contributed by atoms with Gasteiger partial charge in [-0.3, -0.25) is 4.79 Å². The van der Waals surface area contributed by atoms with Crippen molar-refractivity contribution in [2.45, 2.75) is 0 Å². The van der Waals surface area contributed by atoms with Crippen molar-refractivity contribution in [3.05, 3.63) is 57.9 Å². The summed E-state index contributed by atoms with van der Waals surface area (Å²) in [5.41, 5.74) is 0.393. The third-order valence-corrected chi connectivity index (χ3v) is 5.57. The van der Waals surface area contributed by atoms with Crippen molar-refractivity contribution in [3.63, 3.8) is 0 Å². The molecule has 0 aliphatic carbocycles. The van der Waals surface area contributed by atoms with E-state index in [0.29, 0.717) is 40.2 Å². The molecule has 2 heterocycles. The van der Waals surface area contributed by atoms with E-state index in [2.05, 4.69) is 0 Å². The smallest absolute Gasteiger partial charge is 0.350 e. The van der Waals surface area contributed by atoms with Crippen molar-refractivity contribution >= 4 is 44.8 Å². The quantitative estimate of drug-likeness (QED) is 0.490. The van der Waals surface area contributed by atoms with Crippen LogP contribution < -0.4 is 9.47 Å². The van der Waals surface area contributed by atoms with E-state index in [4.69, 9.17) is 25.8 Å². The van der Waals surface area contributed by atoms with Crippen molar-refractivity contribution in [1.29, 1.82) is 0 Å². The van der Waals surface area contributed by atoms with Crippen LogP contribution in [-0.2, 0) is 4.74 Å². The minimum absolute atomic E-state index is 0.294. The number of carbonyl (C=O) groups is 2. The highest BCUT2D eigenvalue weighted by atomic mass is 35.5. The lowest BCUT2D eigenvalue weighted by Crippen LogP contribution is -2.17. The molecule has 0 spiro atoms. The number of thiophene rings is 1. The summed E-state index contributed by atoms with van der Waals surface area (Å²) < 4.78 is 16.9. The number of rotatable bonds is 4. The predicted molar refractivity (Wildman–Crippen MR) is 98.9 cm³/mol. The second-order valence-corrected chi connectivity index (χ2v) is 7.03. The maximum Gasteiger partial charge on any atom is 0.350 e. The lowest BCUT2D eigenvalue weighted by atomic mass is 10.1. The van der Waals surface area contributed by atoms with Gasteiger partial charge in [-0.05, 0) is 24.3 Å². The van der Waals surface area contributed by atoms with E-state index in [1.54, 1.807) is 18.2 Å². The number of ether oxygens (including phenoxy) is 3. The molecular weight excluding hydrogens is 376 g/mol. The number of carbonyl (C=O) groups excluding carboxylic acids is 2. The van der Waals surface area contributed by atoms with Crippen molar-refractivity contribution in [1.82, 2.24) is 0 Å². The zero-order valence-electron chi connectivity index (χ0n) is 13.5. The summed E-state index contributed by atoms with van der Waals surface area (Å²) in [5, 5.41) is 1.15. The summed E-state index contributed by atoms with van der Waals surface area (Å²) >= 11 is 7.50. The average Bonchev–Trinajstić information content (AvgIpc) is 3.02. The van der Waals surface area contributed by atoms with Gasteiger partial charge < -0.3 is 14.2 Å². The lowest BCUT2D eigenvalue weighted by Gasteiger charge is -2.18. The highest BCUT2D eigenvalue weighted by molar-refractivity contribution is 7.21. The molecule has 0 unspecified atom stereocenters. The van der Waals surface area contributed by atoms with Crippen LogP contribution in [0, 0.1) is 0 Å². The molecule has 0 atom stereocenters. The topological polar surface area (TPSA) is 61.8 Å². The van der Waals surface area contributed by atoms with E-state index < -0.39 is 5.97 Å². The summed E-state index contributed by atoms with van der Waals surface area (Å²) in [5.74, 6) is 0.178. The summed E-state index contributed by atoms with van der Waals surface area (Å²) in [4.78, 5) is 24.9. The Labute approximate surface area is 158 Å². The number of fused-ring (bicyclic) bond motifs is 2. The van der Waals surface area contributed by atoms with Crippen LogP contribution in [0.15, 0.2) is 42.5 Å². The van der Waals surface area contributed by atoms with E-state index in [9.17, 15) is 9.59 Å². The fraction of sp³-hybridized carbons (Fsp3) is 0.158. The van der Waals surface area contributed by atoms with Crippen LogP contribution in [0.2, 0.25) is 5.02 Å². The number of halogens is 1. The first-order valence-electron chi connectivity index (χ1n) is 7.90. The molecule has 3 aromatic rings. The molecule has 0 radical (unpaired) electrons. The molecule has 0 saturated heterocycles. The number of esters is 1. The van der Waals surface area contributed by atoms with Crippen LogP contribution in [0.4, 0.5) is 0 Å². The Bertz CT molecular complexity index is 1010. The van der Waals surface area contributed by atoms with Crippen LogP contribution >= 0.6 is 22.9 Å². The Morgan fingerprint density at radius 2 is 1.85 bits per heavy atom. The molecule has 0 bridgehead atoms. The van der Waals surface area contributed by atoms with Gasteiger partial charge in [-0.1, -0.05) is 29.8 Å². The van der Waals surface area contributed by atoms with Gasteiger partial charge in [0.05, 0.1) is 5.02 Å². The fourth-order valence-corrected chi connectivity index (χ4v) is 4.04. The average molecular weight is 389 g/mol. The molecular formula is C19H13ClO5S. The molecule has 2 aromatic carbocycles. The number of hydrogen-bond donors (Lipinski definition) is 0. The van der Waals surface area contributed by atoms with Gasteiger partial charge in [0.1, 0.15) is 18.1 Å². The van der Waals surface area contributed by atoms with Crippen LogP contribution in [-0.4, -0.2) is 31.6 Å². The molecule has 1 aliphatic heterocycles. The summed E-state index contributed by atoms with van der Waals surface area (Å²) in [6, 6.07) is 12.3. The van der Waals surface area contributed by atoms with E-state index in [-0.39, 0.29) is 12.4 Å². The normalized spacial score (nSPS) is 12.8. The minimum Gasteiger partial charge on any atom is -0.486 e. The van der Waals surface area contributed by atoms with Gasteiger partial charge in [0, 0.05) is 15.6 Å². The first kappa shape index (κ1) is 16.9. The maximum atomic E-state index is 12.3. The van der Waals surface area contributed by atoms with Crippen molar-refractivity contribution in [2.24, 2.45) is 0 Å². The Hall–Kier alpha value is -2.57. The van der Waals surface area contributed by atoms with E-state index in [1.165, 1.54) is 11.3 Å². The molecule has 7 heteroatoms. The number of benzene rings is 2.